The van der Waals surface area contributed by atoms with E-state index in [9.17, 15) is 14.7 Å². The number of aliphatic hydroxyl groups is 1. The predicted octanol–water partition coefficient (Wildman–Crippen LogP) is 2.40. The second kappa shape index (κ2) is 5.69. The lowest BCUT2D eigenvalue weighted by molar-refractivity contribution is -0.145. The van der Waals surface area contributed by atoms with Gasteiger partial charge in [0, 0.05) is 18.2 Å². The number of para-hydroxylation sites is 1. The summed E-state index contributed by atoms with van der Waals surface area (Å²) >= 11 is 0. The molecule has 1 aromatic carbocycles. The molecule has 0 saturated carbocycles. The summed E-state index contributed by atoms with van der Waals surface area (Å²) in [7, 11) is 0. The number of likely N-dealkylation sites (tertiary alicyclic amines) is 1. The summed E-state index contributed by atoms with van der Waals surface area (Å²) < 4.78 is 5.57. The Morgan fingerprint density at radius 3 is 2.48 bits per heavy atom. The molecular formula is C16H17NO4. The van der Waals surface area contributed by atoms with E-state index >= 15 is 0 Å². The fraction of sp³-hybridized carbons (Fsp3) is 0.375. The quantitative estimate of drug-likeness (QED) is 0.880. The first-order valence-corrected chi connectivity index (χ1v) is 7.15. The van der Waals surface area contributed by atoms with Gasteiger partial charge in [0.25, 0.3) is 0 Å². The summed E-state index contributed by atoms with van der Waals surface area (Å²) in [5.74, 6) is -0.0543. The highest BCUT2D eigenvalue weighted by Crippen LogP contribution is 2.25. The highest BCUT2D eigenvalue weighted by molar-refractivity contribution is 5.96. The Morgan fingerprint density at radius 2 is 1.81 bits per heavy atom. The second-order valence-electron chi connectivity index (χ2n) is 5.31. The van der Waals surface area contributed by atoms with Gasteiger partial charge in [-0.25, -0.2) is 0 Å². The van der Waals surface area contributed by atoms with Crippen LogP contribution in [0.5, 0.6) is 0 Å². The zero-order valence-corrected chi connectivity index (χ0v) is 11.6. The van der Waals surface area contributed by atoms with Crippen LogP contribution in [0.4, 0.5) is 0 Å². The van der Waals surface area contributed by atoms with Crippen molar-refractivity contribution >= 4 is 22.8 Å². The number of rotatable bonds is 3. The highest BCUT2D eigenvalue weighted by Gasteiger charge is 2.27. The Kier molecular flexibility index (Phi) is 3.75. The zero-order valence-electron chi connectivity index (χ0n) is 11.6. The van der Waals surface area contributed by atoms with Crippen molar-refractivity contribution in [1.82, 2.24) is 4.90 Å². The van der Waals surface area contributed by atoms with Crippen LogP contribution in [0.15, 0.2) is 34.7 Å². The first kappa shape index (κ1) is 13.8. The SMILES string of the molecule is O=C1CCCCC(=O)N1CC(O)c1cc2ccccc2o1. The maximum Gasteiger partial charge on any atom is 0.229 e. The summed E-state index contributed by atoms with van der Waals surface area (Å²) in [5, 5.41) is 11.2. The van der Waals surface area contributed by atoms with Gasteiger partial charge in [0.15, 0.2) is 0 Å². The van der Waals surface area contributed by atoms with Crippen LogP contribution in [-0.4, -0.2) is 28.4 Å². The van der Waals surface area contributed by atoms with Gasteiger partial charge in [-0.15, -0.1) is 0 Å². The molecule has 2 heterocycles. The molecule has 5 nitrogen and oxygen atoms in total. The lowest BCUT2D eigenvalue weighted by Crippen LogP contribution is -2.38. The number of β-amino-alcohol motifs (C(OH)–C–C–N with tert-alkyl or cyclic N) is 1. The third-order valence-corrected chi connectivity index (χ3v) is 3.76. The van der Waals surface area contributed by atoms with E-state index in [0.29, 0.717) is 24.2 Å². The first-order chi connectivity index (χ1) is 10.1. The first-order valence-electron chi connectivity index (χ1n) is 7.15. The number of hydrogen-bond acceptors (Lipinski definition) is 4. The Morgan fingerprint density at radius 1 is 1.14 bits per heavy atom. The molecule has 21 heavy (non-hydrogen) atoms. The largest absolute Gasteiger partial charge is 0.458 e. The van der Waals surface area contributed by atoms with E-state index in [4.69, 9.17) is 4.42 Å². The predicted molar refractivity (Wildman–Crippen MR) is 76.4 cm³/mol. The fourth-order valence-electron chi connectivity index (χ4n) is 2.59. The van der Waals surface area contributed by atoms with Crippen molar-refractivity contribution in [2.24, 2.45) is 0 Å². The van der Waals surface area contributed by atoms with Crippen molar-refractivity contribution in [2.75, 3.05) is 6.54 Å². The van der Waals surface area contributed by atoms with Crippen molar-refractivity contribution < 1.29 is 19.1 Å². The van der Waals surface area contributed by atoms with E-state index in [-0.39, 0.29) is 18.4 Å². The number of furan rings is 1. The van der Waals surface area contributed by atoms with Crippen LogP contribution in [0.3, 0.4) is 0 Å². The molecule has 1 aliphatic rings. The Balaban J connectivity index is 1.79. The summed E-state index contributed by atoms with van der Waals surface area (Å²) in [4.78, 5) is 25.0. The Bertz CT molecular complexity index is 625. The number of imide groups is 1. The lowest BCUT2D eigenvalue weighted by Gasteiger charge is -2.20. The molecular weight excluding hydrogens is 270 g/mol. The van der Waals surface area contributed by atoms with Crippen molar-refractivity contribution in [2.45, 2.75) is 31.8 Å². The van der Waals surface area contributed by atoms with Crippen molar-refractivity contribution in [1.29, 1.82) is 0 Å². The number of fused-ring (bicyclic) bond motifs is 1. The Hall–Kier alpha value is -2.14. The molecule has 1 aromatic heterocycles. The fourth-order valence-corrected chi connectivity index (χ4v) is 2.59. The topological polar surface area (TPSA) is 70.8 Å². The molecule has 2 amide bonds. The van der Waals surface area contributed by atoms with E-state index in [0.717, 1.165) is 23.1 Å². The van der Waals surface area contributed by atoms with Gasteiger partial charge in [0.05, 0.1) is 6.54 Å². The monoisotopic (exact) mass is 287 g/mol. The highest BCUT2D eigenvalue weighted by atomic mass is 16.4. The smallest absolute Gasteiger partial charge is 0.229 e. The van der Waals surface area contributed by atoms with Gasteiger partial charge < -0.3 is 9.52 Å². The molecule has 1 N–H and O–H groups in total. The number of carbonyl (C=O) groups excluding carboxylic acids is 2. The van der Waals surface area contributed by atoms with Crippen molar-refractivity contribution in [3.05, 3.63) is 36.1 Å². The van der Waals surface area contributed by atoms with E-state index in [1.807, 2.05) is 24.3 Å². The molecule has 1 aliphatic heterocycles. The molecule has 2 aromatic rings. The third kappa shape index (κ3) is 2.83. The van der Waals surface area contributed by atoms with Crippen LogP contribution >= 0.6 is 0 Å². The summed E-state index contributed by atoms with van der Waals surface area (Å²) in [6.07, 6.45) is 1.17. The Labute approximate surface area is 122 Å². The van der Waals surface area contributed by atoms with Crippen LogP contribution in [0, 0.1) is 0 Å². The van der Waals surface area contributed by atoms with Gasteiger partial charge in [0.2, 0.25) is 11.8 Å². The van der Waals surface area contributed by atoms with Gasteiger partial charge >= 0.3 is 0 Å². The molecule has 0 radical (unpaired) electrons. The molecule has 5 heteroatoms. The van der Waals surface area contributed by atoms with Crippen LogP contribution in [0.2, 0.25) is 0 Å². The molecule has 0 spiro atoms. The van der Waals surface area contributed by atoms with Crippen LogP contribution in [-0.2, 0) is 9.59 Å². The number of benzene rings is 1. The van der Waals surface area contributed by atoms with Gasteiger partial charge in [-0.1, -0.05) is 18.2 Å². The molecule has 0 aliphatic carbocycles. The molecule has 110 valence electrons. The summed E-state index contributed by atoms with van der Waals surface area (Å²) in [6, 6.07) is 9.18. The van der Waals surface area contributed by atoms with Crippen LogP contribution < -0.4 is 0 Å². The van der Waals surface area contributed by atoms with Gasteiger partial charge in [-0.3, -0.25) is 14.5 Å². The molecule has 1 unspecified atom stereocenters. The summed E-state index contributed by atoms with van der Waals surface area (Å²) in [6.45, 7) is -0.0442. The average molecular weight is 287 g/mol. The summed E-state index contributed by atoms with van der Waals surface area (Å²) in [5.41, 5.74) is 0.681. The molecule has 3 rings (SSSR count). The number of aliphatic hydroxyl groups excluding tert-OH is 1. The minimum Gasteiger partial charge on any atom is -0.458 e. The molecule has 0 bridgehead atoms. The lowest BCUT2D eigenvalue weighted by atomic mass is 10.2. The number of amides is 2. The standard InChI is InChI=1S/C16H17NO4/c18-12(10-17-15(19)7-3-4-8-16(17)20)14-9-11-5-1-2-6-13(11)21-14/h1-2,5-6,9,12,18H,3-4,7-8,10H2. The van der Waals surface area contributed by atoms with Gasteiger partial charge in [0.1, 0.15) is 17.4 Å². The maximum atomic E-state index is 11.9. The number of carbonyl (C=O) groups is 2. The van der Waals surface area contributed by atoms with Crippen molar-refractivity contribution in [3.63, 3.8) is 0 Å². The van der Waals surface area contributed by atoms with Crippen LogP contribution in [0.1, 0.15) is 37.5 Å². The average Bonchev–Trinajstić information content (AvgIpc) is 2.86. The zero-order chi connectivity index (χ0) is 14.8. The van der Waals surface area contributed by atoms with E-state index < -0.39 is 6.10 Å². The van der Waals surface area contributed by atoms with E-state index in [1.165, 1.54) is 0 Å². The third-order valence-electron chi connectivity index (χ3n) is 3.76. The molecule has 1 atom stereocenters. The normalized spacial score (nSPS) is 18.0. The van der Waals surface area contributed by atoms with Gasteiger partial charge in [-0.05, 0) is 25.0 Å². The number of nitrogens with zero attached hydrogens (tertiary/aromatic N) is 1. The maximum absolute atomic E-state index is 11.9. The minimum atomic E-state index is -0.997. The molecule has 1 fully saturated rings. The van der Waals surface area contributed by atoms with E-state index in [2.05, 4.69) is 0 Å². The number of hydrogen-bond donors (Lipinski definition) is 1. The molecule has 1 saturated heterocycles. The minimum absolute atomic E-state index is 0.0442. The second-order valence-corrected chi connectivity index (χ2v) is 5.31. The van der Waals surface area contributed by atoms with Crippen LogP contribution in [0.25, 0.3) is 11.0 Å². The van der Waals surface area contributed by atoms with E-state index in [1.54, 1.807) is 6.07 Å². The van der Waals surface area contributed by atoms with Crippen molar-refractivity contribution in [3.8, 4) is 0 Å². The van der Waals surface area contributed by atoms with Gasteiger partial charge in [-0.2, -0.15) is 0 Å².